The van der Waals surface area contributed by atoms with Crippen LogP contribution in [0, 0.1) is 13.8 Å². The average Bonchev–Trinajstić information content (AvgIpc) is 3.04. The van der Waals surface area contributed by atoms with Gasteiger partial charge in [-0.2, -0.15) is 0 Å². The summed E-state index contributed by atoms with van der Waals surface area (Å²) in [5.74, 6) is 0.933. The molecule has 34 heavy (non-hydrogen) atoms. The quantitative estimate of drug-likeness (QED) is 0.563. The van der Waals surface area contributed by atoms with Gasteiger partial charge in [0.05, 0.1) is 17.2 Å². The van der Waals surface area contributed by atoms with E-state index in [0.717, 1.165) is 53.1 Å². The Morgan fingerprint density at radius 1 is 1.12 bits per heavy atom. The Bertz CT molecular complexity index is 1160. The van der Waals surface area contributed by atoms with Gasteiger partial charge in [0.2, 0.25) is 0 Å². The summed E-state index contributed by atoms with van der Waals surface area (Å²) in [6.45, 7) is 9.49. The van der Waals surface area contributed by atoms with Gasteiger partial charge in [0.1, 0.15) is 17.2 Å². The zero-order chi connectivity index (χ0) is 23.7. The van der Waals surface area contributed by atoms with Crippen LogP contribution in [-0.4, -0.2) is 65.4 Å². The zero-order valence-corrected chi connectivity index (χ0v) is 21.0. The Labute approximate surface area is 205 Å². The van der Waals surface area contributed by atoms with Crippen LogP contribution in [-0.2, 0) is 13.1 Å². The summed E-state index contributed by atoms with van der Waals surface area (Å²) in [5.41, 5.74) is 4.51. The number of rotatable bonds is 4. The van der Waals surface area contributed by atoms with Crippen molar-refractivity contribution >= 4 is 17.2 Å². The highest BCUT2D eigenvalue weighted by Gasteiger charge is 2.28. The minimum absolute atomic E-state index is 0.0492. The first kappa shape index (κ1) is 23.0. The Kier molecular flexibility index (Phi) is 6.68. The predicted octanol–water partition coefficient (Wildman–Crippen LogP) is 4.28. The SMILES string of the molecule is Cc1nc(C)c(C(=O)N2CCOc3ccc(CN4CCN(C)C[C@@H]4c4ccccc4)cc3C2)s1. The number of carbonyl (C=O) groups excluding carboxylic acids is 1. The number of hydrogen-bond donors (Lipinski definition) is 0. The van der Waals surface area contributed by atoms with Crippen LogP contribution in [0.25, 0.3) is 0 Å². The molecule has 1 amide bonds. The fourth-order valence-corrected chi connectivity index (χ4v) is 5.85. The van der Waals surface area contributed by atoms with Crippen molar-refractivity contribution in [3.8, 4) is 5.75 Å². The van der Waals surface area contributed by atoms with E-state index in [2.05, 4.69) is 70.4 Å². The number of amides is 1. The molecule has 1 saturated heterocycles. The second-order valence-electron chi connectivity index (χ2n) is 9.32. The van der Waals surface area contributed by atoms with Crippen LogP contribution in [0.2, 0.25) is 0 Å². The second kappa shape index (κ2) is 9.86. The van der Waals surface area contributed by atoms with Crippen molar-refractivity contribution in [3.63, 3.8) is 0 Å². The molecule has 1 aromatic heterocycles. The number of nitrogens with zero attached hydrogens (tertiary/aromatic N) is 4. The Hall–Kier alpha value is -2.74. The minimum Gasteiger partial charge on any atom is -0.491 e. The number of fused-ring (bicyclic) bond motifs is 1. The first-order valence-electron chi connectivity index (χ1n) is 11.9. The lowest BCUT2D eigenvalue weighted by Crippen LogP contribution is -2.46. The smallest absolute Gasteiger partial charge is 0.266 e. The molecule has 0 unspecified atom stereocenters. The van der Waals surface area contributed by atoms with Crippen LogP contribution in [0.4, 0.5) is 0 Å². The number of likely N-dealkylation sites (N-methyl/N-ethyl adjacent to an activating group) is 1. The van der Waals surface area contributed by atoms with Crippen molar-refractivity contribution < 1.29 is 9.53 Å². The van der Waals surface area contributed by atoms with E-state index in [-0.39, 0.29) is 5.91 Å². The van der Waals surface area contributed by atoms with Crippen LogP contribution in [0.15, 0.2) is 48.5 Å². The van der Waals surface area contributed by atoms with Crippen LogP contribution in [0.5, 0.6) is 5.75 Å². The number of hydrogen-bond acceptors (Lipinski definition) is 6. The molecule has 0 spiro atoms. The van der Waals surface area contributed by atoms with Gasteiger partial charge in [-0.05, 0) is 44.2 Å². The molecule has 0 aliphatic carbocycles. The van der Waals surface area contributed by atoms with Gasteiger partial charge in [-0.3, -0.25) is 9.69 Å². The summed E-state index contributed by atoms with van der Waals surface area (Å²) >= 11 is 1.48. The summed E-state index contributed by atoms with van der Waals surface area (Å²) in [7, 11) is 2.20. The second-order valence-corrected chi connectivity index (χ2v) is 10.5. The van der Waals surface area contributed by atoms with Crippen molar-refractivity contribution in [2.75, 3.05) is 39.8 Å². The molecule has 0 radical (unpaired) electrons. The highest BCUT2D eigenvalue weighted by Crippen LogP contribution is 2.30. The topological polar surface area (TPSA) is 48.9 Å². The molecule has 1 atom stereocenters. The normalized spacial score (nSPS) is 19.4. The lowest BCUT2D eigenvalue weighted by Gasteiger charge is -2.40. The van der Waals surface area contributed by atoms with E-state index in [1.807, 2.05) is 18.7 Å². The molecular weight excluding hydrogens is 444 g/mol. The first-order valence-corrected chi connectivity index (χ1v) is 12.7. The van der Waals surface area contributed by atoms with Crippen LogP contribution >= 0.6 is 11.3 Å². The summed E-state index contributed by atoms with van der Waals surface area (Å²) in [4.78, 5) is 25.3. The molecule has 3 aromatic rings. The summed E-state index contributed by atoms with van der Waals surface area (Å²) in [5, 5.41) is 0.926. The third-order valence-corrected chi connectivity index (χ3v) is 7.82. The number of ether oxygens (including phenoxy) is 1. The molecule has 2 aromatic carbocycles. The number of aromatic nitrogens is 1. The molecule has 6 nitrogen and oxygen atoms in total. The van der Waals surface area contributed by atoms with Gasteiger partial charge in [-0.15, -0.1) is 11.3 Å². The van der Waals surface area contributed by atoms with Crippen molar-refractivity contribution in [2.24, 2.45) is 0 Å². The fourth-order valence-electron chi connectivity index (χ4n) is 4.96. The fraction of sp³-hybridized carbons (Fsp3) is 0.407. The number of aryl methyl sites for hydroxylation is 2. The molecule has 1 fully saturated rings. The first-order chi connectivity index (χ1) is 16.5. The van der Waals surface area contributed by atoms with E-state index >= 15 is 0 Å². The summed E-state index contributed by atoms with van der Waals surface area (Å²) in [6, 6.07) is 17.6. The van der Waals surface area contributed by atoms with Crippen molar-refractivity contribution in [1.82, 2.24) is 19.7 Å². The van der Waals surface area contributed by atoms with Crippen LogP contribution in [0.3, 0.4) is 0 Å². The molecular formula is C27H32N4O2S. The molecule has 2 aliphatic rings. The lowest BCUT2D eigenvalue weighted by atomic mass is 10.0. The molecule has 5 rings (SSSR count). The molecule has 2 aliphatic heterocycles. The largest absolute Gasteiger partial charge is 0.491 e. The van der Waals surface area contributed by atoms with Gasteiger partial charge in [-0.25, -0.2) is 4.98 Å². The maximum Gasteiger partial charge on any atom is 0.266 e. The third kappa shape index (κ3) is 4.87. The molecule has 0 N–H and O–H groups in total. The predicted molar refractivity (Wildman–Crippen MR) is 135 cm³/mol. The minimum atomic E-state index is 0.0492. The summed E-state index contributed by atoms with van der Waals surface area (Å²) in [6.07, 6.45) is 0. The van der Waals surface area contributed by atoms with Gasteiger partial charge >= 0.3 is 0 Å². The standard InChI is InChI=1S/C27H32N4O2S/c1-19-26(34-20(2)28-19)27(32)31-13-14-33-25-10-9-21(15-23(25)17-31)16-30-12-11-29(3)18-24(30)22-7-5-4-6-8-22/h4-10,15,24H,11-14,16-18H2,1-3H3/t24-/m1/s1. The van der Waals surface area contributed by atoms with E-state index in [9.17, 15) is 4.79 Å². The Morgan fingerprint density at radius 3 is 2.71 bits per heavy atom. The third-order valence-electron chi connectivity index (χ3n) is 6.75. The van der Waals surface area contributed by atoms with Gasteiger partial charge in [-0.1, -0.05) is 36.4 Å². The van der Waals surface area contributed by atoms with E-state index in [1.54, 1.807) is 0 Å². The highest BCUT2D eigenvalue weighted by atomic mass is 32.1. The molecule has 3 heterocycles. The molecule has 0 saturated carbocycles. The molecule has 178 valence electrons. The van der Waals surface area contributed by atoms with Crippen LogP contribution < -0.4 is 4.74 Å². The Balaban J connectivity index is 1.36. The van der Waals surface area contributed by atoms with Crippen LogP contribution in [0.1, 0.15) is 43.1 Å². The number of benzene rings is 2. The van der Waals surface area contributed by atoms with Gasteiger partial charge < -0.3 is 14.5 Å². The van der Waals surface area contributed by atoms with E-state index < -0.39 is 0 Å². The van der Waals surface area contributed by atoms with E-state index in [1.165, 1.54) is 22.5 Å². The Morgan fingerprint density at radius 2 is 1.94 bits per heavy atom. The number of piperazine rings is 1. The average molecular weight is 477 g/mol. The summed E-state index contributed by atoms with van der Waals surface area (Å²) < 4.78 is 6.02. The van der Waals surface area contributed by atoms with E-state index in [0.29, 0.717) is 25.7 Å². The van der Waals surface area contributed by atoms with Gasteiger partial charge in [0, 0.05) is 44.3 Å². The number of thiazole rings is 1. The van der Waals surface area contributed by atoms with E-state index in [4.69, 9.17) is 4.74 Å². The van der Waals surface area contributed by atoms with Crippen molar-refractivity contribution in [3.05, 3.63) is 80.8 Å². The van der Waals surface area contributed by atoms with Gasteiger partial charge in [0.25, 0.3) is 5.91 Å². The zero-order valence-electron chi connectivity index (χ0n) is 20.2. The molecule has 7 heteroatoms. The van der Waals surface area contributed by atoms with Crippen molar-refractivity contribution in [1.29, 1.82) is 0 Å². The number of carbonyl (C=O) groups is 1. The molecule has 0 bridgehead atoms. The maximum absolute atomic E-state index is 13.3. The highest BCUT2D eigenvalue weighted by molar-refractivity contribution is 7.13. The lowest BCUT2D eigenvalue weighted by molar-refractivity contribution is 0.0737. The monoisotopic (exact) mass is 476 g/mol. The van der Waals surface area contributed by atoms with Gasteiger partial charge in [0.15, 0.2) is 0 Å². The van der Waals surface area contributed by atoms with Crippen molar-refractivity contribution in [2.45, 2.75) is 33.0 Å². The maximum atomic E-state index is 13.3.